The number of fused-ring (bicyclic) bond motifs is 2. The summed E-state index contributed by atoms with van der Waals surface area (Å²) in [5.41, 5.74) is 0.278. The van der Waals surface area contributed by atoms with Crippen molar-refractivity contribution in [2.24, 2.45) is 45.3 Å². The largest absolute Gasteiger partial charge is 0.458 e. The molecule has 0 radical (unpaired) electrons. The summed E-state index contributed by atoms with van der Waals surface area (Å²) in [5.74, 6) is 0.711. The lowest BCUT2D eigenvalue weighted by molar-refractivity contribution is -0.188. The lowest BCUT2D eigenvalue weighted by atomic mass is 9.43. The Balaban J connectivity index is 1.34. The van der Waals surface area contributed by atoms with Crippen LogP contribution in [0.2, 0.25) is 0 Å². The average molecular weight is 483 g/mol. The molecule has 0 bridgehead atoms. The number of aliphatic hydroxyl groups excluding tert-OH is 1. The van der Waals surface area contributed by atoms with Crippen LogP contribution < -0.4 is 0 Å². The van der Waals surface area contributed by atoms with Crippen molar-refractivity contribution < 1.29 is 24.2 Å². The minimum Gasteiger partial charge on any atom is -0.458 e. The van der Waals surface area contributed by atoms with Gasteiger partial charge in [-0.2, -0.15) is 0 Å². The molecule has 2 heterocycles. The smallest absolute Gasteiger partial charge is 0.333 e. The van der Waals surface area contributed by atoms with Crippen LogP contribution in [0.3, 0.4) is 0 Å². The van der Waals surface area contributed by atoms with Crippen molar-refractivity contribution in [1.82, 2.24) is 0 Å². The fraction of sp³-hybridized carbons (Fsp3) is 0.800. The van der Waals surface area contributed by atoms with E-state index < -0.39 is 11.7 Å². The van der Waals surface area contributed by atoms with E-state index in [-0.39, 0.29) is 45.6 Å². The van der Waals surface area contributed by atoms with Gasteiger partial charge in [0.15, 0.2) is 0 Å². The number of hydrogen-bond donors (Lipinski definition) is 1. The Labute approximate surface area is 209 Å². The Morgan fingerprint density at radius 1 is 1.09 bits per heavy atom. The lowest BCUT2D eigenvalue weighted by Gasteiger charge is -2.62. The standard InChI is InChI=1S/C30H42O5/c1-17-7-8-21(34-25(17)33)18(2)19-9-11-28(6)22-15-20(31)24-26(3,4)35-23(32)10-12-30(24)16-29(22,30)14-13-27(19,28)5/h7,10,12,18-22,24,31H,8-9,11,13-16H2,1-6H3. The van der Waals surface area contributed by atoms with Crippen LogP contribution in [-0.4, -0.2) is 34.9 Å². The Morgan fingerprint density at radius 3 is 2.54 bits per heavy atom. The average Bonchev–Trinajstić information content (AvgIpc) is 3.37. The Hall–Kier alpha value is -1.62. The van der Waals surface area contributed by atoms with Gasteiger partial charge >= 0.3 is 11.9 Å². The predicted octanol–water partition coefficient (Wildman–Crippen LogP) is 5.37. The van der Waals surface area contributed by atoms with Crippen molar-refractivity contribution >= 4 is 11.9 Å². The van der Waals surface area contributed by atoms with Gasteiger partial charge in [0.1, 0.15) is 11.7 Å². The molecule has 0 saturated heterocycles. The Kier molecular flexibility index (Phi) is 4.77. The zero-order valence-corrected chi connectivity index (χ0v) is 22.2. The van der Waals surface area contributed by atoms with Gasteiger partial charge in [0.25, 0.3) is 0 Å². The summed E-state index contributed by atoms with van der Waals surface area (Å²) in [6.45, 7) is 13.1. The summed E-state index contributed by atoms with van der Waals surface area (Å²) in [4.78, 5) is 24.7. The third-order valence-electron chi connectivity index (χ3n) is 12.5. The molecule has 6 rings (SSSR count). The summed E-state index contributed by atoms with van der Waals surface area (Å²) in [5, 5.41) is 11.6. The molecule has 1 N–H and O–H groups in total. The number of cyclic esters (lactones) is 2. The third-order valence-corrected chi connectivity index (χ3v) is 12.5. The van der Waals surface area contributed by atoms with Crippen LogP contribution in [0.25, 0.3) is 0 Å². The topological polar surface area (TPSA) is 72.8 Å². The van der Waals surface area contributed by atoms with Crippen molar-refractivity contribution in [1.29, 1.82) is 0 Å². The van der Waals surface area contributed by atoms with Crippen LogP contribution in [0.4, 0.5) is 0 Å². The highest BCUT2D eigenvalue weighted by molar-refractivity contribution is 5.88. The van der Waals surface area contributed by atoms with Crippen LogP contribution in [-0.2, 0) is 19.1 Å². The highest BCUT2D eigenvalue weighted by Crippen LogP contribution is 2.87. The molecule has 2 spiro atoms. The number of aliphatic hydroxyl groups is 1. The van der Waals surface area contributed by atoms with Gasteiger partial charge in [0.05, 0.1) is 6.10 Å². The monoisotopic (exact) mass is 482 g/mol. The van der Waals surface area contributed by atoms with E-state index in [0.717, 1.165) is 50.5 Å². The van der Waals surface area contributed by atoms with E-state index in [4.69, 9.17) is 9.47 Å². The first-order chi connectivity index (χ1) is 16.3. The maximum absolute atomic E-state index is 12.4. The first kappa shape index (κ1) is 23.8. The van der Waals surface area contributed by atoms with E-state index >= 15 is 0 Å². The molecule has 10 unspecified atom stereocenters. The molecule has 35 heavy (non-hydrogen) atoms. The number of ether oxygens (including phenoxy) is 2. The van der Waals surface area contributed by atoms with Gasteiger partial charge in [-0.25, -0.2) is 9.59 Å². The van der Waals surface area contributed by atoms with E-state index in [2.05, 4.69) is 32.9 Å². The maximum Gasteiger partial charge on any atom is 0.333 e. The minimum absolute atomic E-state index is 0.0476. The Morgan fingerprint density at radius 2 is 1.83 bits per heavy atom. The van der Waals surface area contributed by atoms with Crippen molar-refractivity contribution in [3.8, 4) is 0 Å². The first-order valence-electron chi connectivity index (χ1n) is 13.8. The van der Waals surface area contributed by atoms with Crippen LogP contribution in [0.5, 0.6) is 0 Å². The van der Waals surface area contributed by atoms with E-state index in [1.165, 1.54) is 0 Å². The second kappa shape index (κ2) is 7.02. The lowest BCUT2D eigenvalue weighted by Crippen LogP contribution is -2.59. The summed E-state index contributed by atoms with van der Waals surface area (Å²) in [7, 11) is 0. The number of allylic oxidation sites excluding steroid dienone is 1. The second-order valence-electron chi connectivity index (χ2n) is 14.0. The molecule has 0 amide bonds. The molecule has 0 aromatic heterocycles. The fourth-order valence-electron chi connectivity index (χ4n) is 10.7. The molecular weight excluding hydrogens is 440 g/mol. The van der Waals surface area contributed by atoms with E-state index in [0.29, 0.717) is 17.8 Å². The maximum atomic E-state index is 12.4. The molecule has 5 heteroatoms. The molecule has 5 nitrogen and oxygen atoms in total. The zero-order valence-electron chi connectivity index (χ0n) is 22.2. The van der Waals surface area contributed by atoms with E-state index in [1.807, 2.05) is 20.8 Å². The highest BCUT2D eigenvalue weighted by atomic mass is 16.6. The first-order valence-corrected chi connectivity index (χ1v) is 13.8. The van der Waals surface area contributed by atoms with Crippen molar-refractivity contribution in [2.75, 3.05) is 0 Å². The number of carbonyl (C=O) groups is 2. The summed E-state index contributed by atoms with van der Waals surface area (Å²) < 4.78 is 11.7. The van der Waals surface area contributed by atoms with Gasteiger partial charge in [-0.3, -0.25) is 0 Å². The van der Waals surface area contributed by atoms with Gasteiger partial charge < -0.3 is 14.6 Å². The van der Waals surface area contributed by atoms with Gasteiger partial charge in [0.2, 0.25) is 0 Å². The summed E-state index contributed by atoms with van der Waals surface area (Å²) in [6.07, 6.45) is 12.5. The molecular formula is C30H42O5. The van der Waals surface area contributed by atoms with Crippen molar-refractivity contribution in [3.05, 3.63) is 23.8 Å². The molecule has 6 aliphatic rings. The summed E-state index contributed by atoms with van der Waals surface area (Å²) in [6, 6.07) is 0. The van der Waals surface area contributed by atoms with Crippen LogP contribution in [0.1, 0.15) is 86.5 Å². The number of rotatable bonds is 2. The molecule has 4 saturated carbocycles. The number of esters is 2. The number of hydrogen-bond acceptors (Lipinski definition) is 5. The molecule has 4 fully saturated rings. The normalized spacial score (nSPS) is 52.5. The Bertz CT molecular complexity index is 1040. The molecule has 4 aliphatic carbocycles. The van der Waals surface area contributed by atoms with Crippen LogP contribution >= 0.6 is 0 Å². The zero-order chi connectivity index (χ0) is 25.2. The molecule has 10 atom stereocenters. The van der Waals surface area contributed by atoms with Crippen LogP contribution in [0.15, 0.2) is 23.8 Å². The summed E-state index contributed by atoms with van der Waals surface area (Å²) >= 11 is 0. The molecule has 192 valence electrons. The van der Waals surface area contributed by atoms with Crippen molar-refractivity contribution in [2.45, 2.75) is 104 Å². The van der Waals surface area contributed by atoms with Gasteiger partial charge in [0, 0.05) is 29.4 Å². The molecule has 0 aromatic carbocycles. The quantitative estimate of drug-likeness (QED) is 0.536. The van der Waals surface area contributed by atoms with Gasteiger partial charge in [-0.1, -0.05) is 32.9 Å². The molecule has 2 aliphatic heterocycles. The minimum atomic E-state index is -0.681. The SMILES string of the molecule is CC1=CCC(C(C)C2CCC3(C)C4CC(O)C5C(C)(C)OC(=O)C=CC56CC46CCC23C)OC1=O. The molecule has 0 aromatic rings. The van der Waals surface area contributed by atoms with E-state index in [9.17, 15) is 14.7 Å². The van der Waals surface area contributed by atoms with E-state index in [1.54, 1.807) is 6.08 Å². The second-order valence-corrected chi connectivity index (χ2v) is 14.0. The fourth-order valence-corrected chi connectivity index (χ4v) is 10.7. The third kappa shape index (κ3) is 2.80. The van der Waals surface area contributed by atoms with Gasteiger partial charge in [-0.15, -0.1) is 0 Å². The van der Waals surface area contributed by atoms with Crippen molar-refractivity contribution in [3.63, 3.8) is 0 Å². The predicted molar refractivity (Wildman–Crippen MR) is 132 cm³/mol. The van der Waals surface area contributed by atoms with Gasteiger partial charge in [-0.05, 0) is 93.3 Å². The number of carbonyl (C=O) groups excluding carboxylic acids is 2. The van der Waals surface area contributed by atoms with Crippen LogP contribution in [0, 0.1) is 45.3 Å². The highest BCUT2D eigenvalue weighted by Gasteiger charge is 2.83.